The zero-order valence-electron chi connectivity index (χ0n) is 13.6. The first-order chi connectivity index (χ1) is 11.2. The molecule has 4 rings (SSSR count). The second-order valence-electron chi connectivity index (χ2n) is 6.85. The largest absolute Gasteiger partial charge is 0.392 e. The SMILES string of the molecule is CCOC1CC(O)C12CCN(Cc1cnc3ccsc3c1)CC2. The van der Waals surface area contributed by atoms with Crippen molar-refractivity contribution in [1.29, 1.82) is 0 Å². The Labute approximate surface area is 141 Å². The predicted molar refractivity (Wildman–Crippen MR) is 92.6 cm³/mol. The van der Waals surface area contributed by atoms with Gasteiger partial charge in [0.25, 0.3) is 0 Å². The molecule has 2 aromatic rings. The summed E-state index contributed by atoms with van der Waals surface area (Å²) in [7, 11) is 0. The molecule has 0 aromatic carbocycles. The number of thiophene rings is 1. The molecule has 2 atom stereocenters. The number of nitrogens with zero attached hydrogens (tertiary/aromatic N) is 2. The number of aliphatic hydroxyl groups is 1. The van der Waals surface area contributed by atoms with Gasteiger partial charge in [-0.3, -0.25) is 9.88 Å². The Balaban J connectivity index is 1.39. The maximum atomic E-state index is 10.3. The van der Waals surface area contributed by atoms with Crippen LogP contribution in [0.1, 0.15) is 31.7 Å². The third-order valence-electron chi connectivity index (χ3n) is 5.66. The van der Waals surface area contributed by atoms with Crippen LogP contribution in [0, 0.1) is 5.41 Å². The zero-order valence-corrected chi connectivity index (χ0v) is 14.4. The lowest BCUT2D eigenvalue weighted by Crippen LogP contribution is -2.62. The molecule has 23 heavy (non-hydrogen) atoms. The standard InChI is InChI=1S/C18H24N2O2S/c1-2-22-17-10-16(21)18(17)4-6-20(7-5-18)12-13-9-15-14(19-11-13)3-8-23-15/h3,8-9,11,16-17,21H,2,4-7,10,12H2,1H3. The van der Waals surface area contributed by atoms with Crippen molar-refractivity contribution in [3.63, 3.8) is 0 Å². The van der Waals surface area contributed by atoms with E-state index in [2.05, 4.69) is 27.4 Å². The molecular formula is C18H24N2O2S. The number of ether oxygens (including phenoxy) is 1. The predicted octanol–water partition coefficient (Wildman–Crippen LogP) is 3.05. The fourth-order valence-corrected chi connectivity index (χ4v) is 4.98. The second kappa shape index (κ2) is 6.13. The van der Waals surface area contributed by atoms with Gasteiger partial charge in [-0.15, -0.1) is 11.3 Å². The monoisotopic (exact) mass is 332 g/mol. The highest BCUT2D eigenvalue weighted by Crippen LogP contribution is 2.51. The molecule has 124 valence electrons. The average Bonchev–Trinajstić information content (AvgIpc) is 3.03. The van der Waals surface area contributed by atoms with Crippen LogP contribution < -0.4 is 0 Å². The van der Waals surface area contributed by atoms with E-state index in [0.29, 0.717) is 0 Å². The van der Waals surface area contributed by atoms with E-state index < -0.39 is 0 Å². The normalized spacial score (nSPS) is 27.4. The molecular weight excluding hydrogens is 308 g/mol. The highest BCUT2D eigenvalue weighted by Gasteiger charge is 2.55. The minimum atomic E-state index is -0.176. The van der Waals surface area contributed by atoms with Gasteiger partial charge in [0.15, 0.2) is 0 Å². The first-order valence-corrected chi connectivity index (χ1v) is 9.43. The number of likely N-dealkylation sites (tertiary alicyclic amines) is 1. The van der Waals surface area contributed by atoms with Gasteiger partial charge in [0, 0.05) is 31.2 Å². The quantitative estimate of drug-likeness (QED) is 0.935. The summed E-state index contributed by atoms with van der Waals surface area (Å²) in [6.07, 6.45) is 4.97. The van der Waals surface area contributed by atoms with Gasteiger partial charge in [0.2, 0.25) is 0 Å². The molecule has 1 saturated heterocycles. The lowest BCUT2D eigenvalue weighted by molar-refractivity contribution is -0.209. The smallest absolute Gasteiger partial charge is 0.0809 e. The van der Waals surface area contributed by atoms with Crippen LogP contribution in [0.25, 0.3) is 10.2 Å². The molecule has 2 fully saturated rings. The van der Waals surface area contributed by atoms with Crippen LogP contribution in [0.15, 0.2) is 23.7 Å². The van der Waals surface area contributed by atoms with E-state index in [0.717, 1.165) is 51.0 Å². The molecule has 4 nitrogen and oxygen atoms in total. The summed E-state index contributed by atoms with van der Waals surface area (Å²) in [5, 5.41) is 12.4. The van der Waals surface area contributed by atoms with E-state index >= 15 is 0 Å². The van der Waals surface area contributed by atoms with Gasteiger partial charge in [0.1, 0.15) is 0 Å². The van der Waals surface area contributed by atoms with Crippen molar-refractivity contribution in [3.05, 3.63) is 29.3 Å². The van der Waals surface area contributed by atoms with Crippen LogP contribution in [0.2, 0.25) is 0 Å². The second-order valence-corrected chi connectivity index (χ2v) is 7.80. The molecule has 1 aliphatic carbocycles. The Morgan fingerprint density at radius 1 is 1.43 bits per heavy atom. The van der Waals surface area contributed by atoms with Crippen LogP contribution in [-0.4, -0.2) is 46.9 Å². The summed E-state index contributed by atoms with van der Waals surface area (Å²) in [6.45, 7) is 5.80. The lowest BCUT2D eigenvalue weighted by atomic mass is 9.58. The molecule has 1 saturated carbocycles. The first kappa shape index (κ1) is 15.5. The first-order valence-electron chi connectivity index (χ1n) is 8.55. The van der Waals surface area contributed by atoms with Crippen molar-refractivity contribution in [1.82, 2.24) is 9.88 Å². The summed E-state index contributed by atoms with van der Waals surface area (Å²) in [5.74, 6) is 0. The van der Waals surface area contributed by atoms with E-state index in [-0.39, 0.29) is 17.6 Å². The Morgan fingerprint density at radius 3 is 3.00 bits per heavy atom. The Morgan fingerprint density at radius 2 is 2.26 bits per heavy atom. The van der Waals surface area contributed by atoms with Crippen LogP contribution >= 0.6 is 11.3 Å². The van der Waals surface area contributed by atoms with Crippen LogP contribution in [-0.2, 0) is 11.3 Å². The van der Waals surface area contributed by atoms with Gasteiger partial charge in [-0.1, -0.05) is 0 Å². The molecule has 2 unspecified atom stereocenters. The number of piperidine rings is 1. The minimum absolute atomic E-state index is 0.0163. The van der Waals surface area contributed by atoms with Crippen molar-refractivity contribution in [2.24, 2.45) is 5.41 Å². The molecule has 5 heteroatoms. The van der Waals surface area contributed by atoms with Crippen LogP contribution in [0.5, 0.6) is 0 Å². The fourth-order valence-electron chi connectivity index (χ4n) is 4.18. The van der Waals surface area contributed by atoms with E-state index in [1.54, 1.807) is 11.3 Å². The Kier molecular flexibility index (Phi) is 4.13. The Hall–Kier alpha value is -1.01. The summed E-state index contributed by atoms with van der Waals surface area (Å²) in [4.78, 5) is 7.02. The fraction of sp³-hybridized carbons (Fsp3) is 0.611. The van der Waals surface area contributed by atoms with Gasteiger partial charge < -0.3 is 9.84 Å². The van der Waals surface area contributed by atoms with E-state index in [9.17, 15) is 5.11 Å². The molecule has 2 aliphatic rings. The van der Waals surface area contributed by atoms with Crippen molar-refractivity contribution < 1.29 is 9.84 Å². The summed E-state index contributed by atoms with van der Waals surface area (Å²) in [6, 6.07) is 4.33. The maximum absolute atomic E-state index is 10.3. The van der Waals surface area contributed by atoms with E-state index in [4.69, 9.17) is 4.74 Å². The number of aromatic nitrogens is 1. The highest BCUT2D eigenvalue weighted by atomic mass is 32.1. The van der Waals surface area contributed by atoms with Crippen molar-refractivity contribution >= 4 is 21.6 Å². The lowest BCUT2D eigenvalue weighted by Gasteiger charge is -2.56. The summed E-state index contributed by atoms with van der Waals surface area (Å²) in [5.41, 5.74) is 2.39. The molecule has 1 aliphatic heterocycles. The minimum Gasteiger partial charge on any atom is -0.392 e. The zero-order chi connectivity index (χ0) is 15.9. The van der Waals surface area contributed by atoms with Crippen LogP contribution in [0.4, 0.5) is 0 Å². The van der Waals surface area contributed by atoms with Crippen molar-refractivity contribution in [2.45, 2.75) is 44.9 Å². The van der Waals surface area contributed by atoms with Crippen molar-refractivity contribution in [3.8, 4) is 0 Å². The Bertz CT molecular complexity index is 676. The van der Waals surface area contributed by atoms with E-state index in [1.165, 1.54) is 10.3 Å². The third kappa shape index (κ3) is 2.70. The summed E-state index contributed by atoms with van der Waals surface area (Å²) < 4.78 is 7.11. The van der Waals surface area contributed by atoms with E-state index in [1.807, 2.05) is 13.1 Å². The van der Waals surface area contributed by atoms with Crippen LogP contribution in [0.3, 0.4) is 0 Å². The molecule has 3 heterocycles. The number of rotatable bonds is 4. The number of pyridine rings is 1. The van der Waals surface area contributed by atoms with Gasteiger partial charge in [-0.25, -0.2) is 0 Å². The topological polar surface area (TPSA) is 45.6 Å². The highest BCUT2D eigenvalue weighted by molar-refractivity contribution is 7.17. The number of aliphatic hydroxyl groups excluding tert-OH is 1. The van der Waals surface area contributed by atoms with Gasteiger partial charge >= 0.3 is 0 Å². The number of hydrogen-bond acceptors (Lipinski definition) is 5. The molecule has 0 bridgehead atoms. The third-order valence-corrected chi connectivity index (χ3v) is 6.52. The number of hydrogen-bond donors (Lipinski definition) is 1. The molecule has 2 aromatic heterocycles. The van der Waals surface area contributed by atoms with Gasteiger partial charge in [-0.2, -0.15) is 0 Å². The van der Waals surface area contributed by atoms with Crippen molar-refractivity contribution in [2.75, 3.05) is 19.7 Å². The van der Waals surface area contributed by atoms with Gasteiger partial charge in [-0.05, 0) is 55.9 Å². The number of fused-ring (bicyclic) bond motifs is 1. The molecule has 1 N–H and O–H groups in total. The average molecular weight is 332 g/mol. The maximum Gasteiger partial charge on any atom is 0.0809 e. The van der Waals surface area contributed by atoms with Gasteiger partial charge in [0.05, 0.1) is 22.4 Å². The molecule has 0 amide bonds. The molecule has 1 spiro atoms. The molecule has 0 radical (unpaired) electrons. The summed E-state index contributed by atoms with van der Waals surface area (Å²) >= 11 is 1.75.